The molecule has 0 bridgehead atoms. The van der Waals surface area contributed by atoms with Gasteiger partial charge in [0.25, 0.3) is 0 Å². The summed E-state index contributed by atoms with van der Waals surface area (Å²) >= 11 is 0. The first-order chi connectivity index (χ1) is 32.0. The molecule has 0 aliphatic carbocycles. The number of hydrogen-bond donors (Lipinski definition) is 7. The van der Waals surface area contributed by atoms with Crippen LogP contribution in [0.5, 0.6) is 0 Å². The summed E-state index contributed by atoms with van der Waals surface area (Å²) in [5.74, 6) is -0.950. The van der Waals surface area contributed by atoms with E-state index in [9.17, 15) is 45.3 Å². The Kier molecular flexibility index (Phi) is 34.6. The maximum absolute atomic E-state index is 13.0. The molecule has 2 saturated heterocycles. The summed E-state index contributed by atoms with van der Waals surface area (Å²) in [5.41, 5.74) is 0. The predicted octanol–water partition coefficient (Wildman–Crippen LogP) is 6.71. The Hall–Kier alpha value is -2.54. The van der Waals surface area contributed by atoms with E-state index in [1.807, 2.05) is 36.5 Å². The molecule has 2 aliphatic heterocycles. The number of rotatable bonds is 38. The zero-order valence-corrected chi connectivity index (χ0v) is 40.2. The SMILES string of the molecule is CC/C=C/C=C/C=C/C=C/CCCCCCCC(=O)OC[C@H](CO[C@@H]1O[C@H](CO[C@@H]2O[C@H](CO)[C@H](O)C(O)C2O)[C@H](O)C(O)C1O)OC(=O)CCCCCCCCCCCCCCCCC. The van der Waals surface area contributed by atoms with Gasteiger partial charge in [-0.25, -0.2) is 0 Å². The number of allylic oxidation sites excluding steroid dienone is 8. The van der Waals surface area contributed by atoms with Gasteiger partial charge >= 0.3 is 11.9 Å². The second kappa shape index (κ2) is 38.3. The van der Waals surface area contributed by atoms with E-state index in [2.05, 4.69) is 26.0 Å². The zero-order chi connectivity index (χ0) is 48.2. The zero-order valence-electron chi connectivity index (χ0n) is 40.2. The minimum atomic E-state index is -1.77. The lowest BCUT2D eigenvalue weighted by atomic mass is 9.98. The lowest BCUT2D eigenvalue weighted by Gasteiger charge is -2.42. The van der Waals surface area contributed by atoms with Crippen molar-refractivity contribution in [3.05, 3.63) is 48.6 Å². The van der Waals surface area contributed by atoms with Crippen molar-refractivity contribution in [3.63, 3.8) is 0 Å². The highest BCUT2D eigenvalue weighted by atomic mass is 16.7. The van der Waals surface area contributed by atoms with Crippen molar-refractivity contribution in [2.24, 2.45) is 0 Å². The van der Waals surface area contributed by atoms with Crippen LogP contribution in [0.4, 0.5) is 0 Å². The molecule has 66 heavy (non-hydrogen) atoms. The number of aliphatic hydroxyl groups excluding tert-OH is 7. The van der Waals surface area contributed by atoms with Gasteiger partial charge in [-0.05, 0) is 32.1 Å². The summed E-state index contributed by atoms with van der Waals surface area (Å²) in [7, 11) is 0. The van der Waals surface area contributed by atoms with Crippen LogP contribution >= 0.6 is 0 Å². The lowest BCUT2D eigenvalue weighted by Crippen LogP contribution is -2.61. The molecule has 2 aliphatic rings. The molecule has 4 unspecified atom stereocenters. The standard InChI is InChI=1S/C51H88O15/c1-3-5-7-9-11-13-15-17-19-21-23-25-27-29-31-33-42(53)61-36-39(64-43(54)34-32-30-28-26-24-22-20-18-16-14-12-10-8-6-4-2)37-62-50-49(60)47(58)45(56)41(66-50)38-63-51-48(59)46(57)44(55)40(35-52)65-51/h5,7,9,11,13,15,17,19,39-41,44-52,55-60H,3-4,6,8,10,12,14,16,18,20-38H2,1-2H3/b7-5+,11-9+,15-13+,19-17+/t39-,40-,41-,44+,45+,46?,47?,48?,49?,50-,51-/m1/s1. The van der Waals surface area contributed by atoms with Gasteiger partial charge in [-0.3, -0.25) is 9.59 Å². The number of unbranched alkanes of at least 4 members (excludes halogenated alkanes) is 19. The van der Waals surface area contributed by atoms with E-state index in [1.54, 1.807) is 0 Å². The van der Waals surface area contributed by atoms with Crippen LogP contribution in [-0.4, -0.2) is 142 Å². The summed E-state index contributed by atoms with van der Waals surface area (Å²) in [4.78, 5) is 25.7. The first kappa shape index (κ1) is 59.6. The van der Waals surface area contributed by atoms with Gasteiger partial charge in [0.2, 0.25) is 0 Å². The minimum Gasteiger partial charge on any atom is -0.462 e. The van der Waals surface area contributed by atoms with Gasteiger partial charge in [0, 0.05) is 12.8 Å². The molecular weight excluding hydrogens is 853 g/mol. The summed E-state index contributed by atoms with van der Waals surface area (Å²) in [6.45, 7) is 2.42. The van der Waals surface area contributed by atoms with Gasteiger partial charge in [-0.1, -0.05) is 172 Å². The van der Waals surface area contributed by atoms with Gasteiger partial charge in [0.1, 0.15) is 55.4 Å². The molecular formula is C51H88O15. The van der Waals surface area contributed by atoms with Crippen molar-refractivity contribution >= 4 is 11.9 Å². The van der Waals surface area contributed by atoms with Crippen molar-refractivity contribution < 1.29 is 73.8 Å². The Labute approximate surface area is 395 Å². The molecule has 15 nitrogen and oxygen atoms in total. The fourth-order valence-corrected chi connectivity index (χ4v) is 7.76. The Bertz CT molecular complexity index is 1340. The number of ether oxygens (including phenoxy) is 6. The molecule has 0 aromatic carbocycles. The van der Waals surface area contributed by atoms with Gasteiger partial charge < -0.3 is 64.2 Å². The minimum absolute atomic E-state index is 0.161. The molecule has 0 aromatic heterocycles. The van der Waals surface area contributed by atoms with Crippen molar-refractivity contribution in [2.75, 3.05) is 26.4 Å². The number of hydrogen-bond acceptors (Lipinski definition) is 15. The Morgan fingerprint density at radius 2 is 0.955 bits per heavy atom. The second-order valence-electron chi connectivity index (χ2n) is 17.7. The summed E-state index contributed by atoms with van der Waals surface area (Å²) in [6.07, 6.45) is 24.2. The maximum atomic E-state index is 13.0. The van der Waals surface area contributed by atoms with Crippen molar-refractivity contribution in [1.82, 2.24) is 0 Å². The normalized spacial score (nSPS) is 26.6. The summed E-state index contributed by atoms with van der Waals surface area (Å²) < 4.78 is 33.5. The number of aliphatic hydroxyl groups is 7. The summed E-state index contributed by atoms with van der Waals surface area (Å²) in [5, 5.41) is 72.0. The molecule has 382 valence electrons. The third kappa shape index (κ3) is 26.3. The van der Waals surface area contributed by atoms with Gasteiger partial charge in [0.05, 0.1) is 19.8 Å². The monoisotopic (exact) mass is 941 g/mol. The lowest BCUT2D eigenvalue weighted by molar-refractivity contribution is -0.332. The van der Waals surface area contributed by atoms with Gasteiger partial charge in [-0.15, -0.1) is 0 Å². The average molecular weight is 941 g/mol. The van der Waals surface area contributed by atoms with Crippen molar-refractivity contribution in [2.45, 2.75) is 235 Å². The molecule has 2 rings (SSSR count). The van der Waals surface area contributed by atoms with E-state index in [-0.39, 0.29) is 26.1 Å². The quantitative estimate of drug-likeness (QED) is 0.0194. The topological polar surface area (TPSA) is 231 Å². The Balaban J connectivity index is 1.83. The highest BCUT2D eigenvalue weighted by molar-refractivity contribution is 5.70. The maximum Gasteiger partial charge on any atom is 0.306 e. The van der Waals surface area contributed by atoms with Crippen LogP contribution in [0.25, 0.3) is 0 Å². The Morgan fingerprint density at radius 1 is 0.500 bits per heavy atom. The number of carbonyl (C=O) groups is 2. The third-order valence-electron chi connectivity index (χ3n) is 11.9. The third-order valence-corrected chi connectivity index (χ3v) is 11.9. The van der Waals surface area contributed by atoms with Crippen LogP contribution in [0.2, 0.25) is 0 Å². The molecule has 2 fully saturated rings. The summed E-state index contributed by atoms with van der Waals surface area (Å²) in [6, 6.07) is 0. The van der Waals surface area contributed by atoms with Crippen molar-refractivity contribution in [3.8, 4) is 0 Å². The largest absolute Gasteiger partial charge is 0.462 e. The highest BCUT2D eigenvalue weighted by Gasteiger charge is 2.47. The van der Waals surface area contributed by atoms with E-state index in [0.29, 0.717) is 12.8 Å². The van der Waals surface area contributed by atoms with Crippen LogP contribution in [0.15, 0.2) is 48.6 Å². The fourth-order valence-electron chi connectivity index (χ4n) is 7.76. The van der Waals surface area contributed by atoms with E-state index < -0.39 is 92.7 Å². The number of esters is 2. The average Bonchev–Trinajstić information content (AvgIpc) is 3.31. The predicted molar refractivity (Wildman–Crippen MR) is 252 cm³/mol. The smallest absolute Gasteiger partial charge is 0.306 e. The van der Waals surface area contributed by atoms with Crippen LogP contribution in [0, 0.1) is 0 Å². The molecule has 11 atom stereocenters. The van der Waals surface area contributed by atoms with E-state index in [1.165, 1.54) is 70.6 Å². The van der Waals surface area contributed by atoms with Crippen molar-refractivity contribution in [1.29, 1.82) is 0 Å². The number of carbonyl (C=O) groups excluding carboxylic acids is 2. The molecule has 0 radical (unpaired) electrons. The van der Waals surface area contributed by atoms with Gasteiger partial charge in [0.15, 0.2) is 18.7 Å². The van der Waals surface area contributed by atoms with Crippen LogP contribution < -0.4 is 0 Å². The van der Waals surface area contributed by atoms with Gasteiger partial charge in [-0.2, -0.15) is 0 Å². The highest BCUT2D eigenvalue weighted by Crippen LogP contribution is 2.26. The fraction of sp³-hybridized carbons (Fsp3) is 0.804. The molecule has 7 N–H and O–H groups in total. The van der Waals surface area contributed by atoms with E-state index >= 15 is 0 Å². The molecule has 0 aromatic rings. The van der Waals surface area contributed by atoms with E-state index in [0.717, 1.165) is 57.8 Å². The van der Waals surface area contributed by atoms with Crippen LogP contribution in [-0.2, 0) is 38.0 Å². The first-order valence-electron chi connectivity index (χ1n) is 25.3. The van der Waals surface area contributed by atoms with E-state index in [4.69, 9.17) is 28.4 Å². The molecule has 0 amide bonds. The first-order valence-corrected chi connectivity index (χ1v) is 25.3. The second-order valence-corrected chi connectivity index (χ2v) is 17.7. The molecule has 0 saturated carbocycles. The molecule has 0 spiro atoms. The van der Waals surface area contributed by atoms with Crippen LogP contribution in [0.3, 0.4) is 0 Å². The Morgan fingerprint density at radius 3 is 1.50 bits per heavy atom. The molecule has 2 heterocycles. The van der Waals surface area contributed by atoms with Crippen LogP contribution in [0.1, 0.15) is 168 Å². The molecule has 15 heteroatoms.